The highest BCUT2D eigenvalue weighted by Crippen LogP contribution is 2.18. The Balaban J connectivity index is 1.74. The molecule has 1 atom stereocenters. The van der Waals surface area contributed by atoms with Gasteiger partial charge in [-0.1, -0.05) is 6.92 Å². The van der Waals surface area contributed by atoms with Crippen LogP contribution >= 0.6 is 11.3 Å². The molecule has 0 fully saturated rings. The molecular formula is C19H27N3O2S. The fourth-order valence-electron chi connectivity index (χ4n) is 2.38. The summed E-state index contributed by atoms with van der Waals surface area (Å²) in [5.74, 6) is 2.99. The van der Waals surface area contributed by atoms with Crippen molar-refractivity contribution >= 4 is 17.3 Å². The summed E-state index contributed by atoms with van der Waals surface area (Å²) in [5, 5.41) is 7.74. The lowest BCUT2D eigenvalue weighted by molar-refractivity contribution is 0.281. The normalized spacial score (nSPS) is 12.6. The Kier molecular flexibility index (Phi) is 7.60. The van der Waals surface area contributed by atoms with Crippen LogP contribution in [0.15, 0.2) is 46.1 Å². The first-order valence-electron chi connectivity index (χ1n) is 8.34. The maximum atomic E-state index is 5.78. The van der Waals surface area contributed by atoms with Crippen LogP contribution in [0.2, 0.25) is 0 Å². The lowest BCUT2D eigenvalue weighted by Gasteiger charge is -2.23. The van der Waals surface area contributed by atoms with E-state index in [0.29, 0.717) is 12.5 Å². The van der Waals surface area contributed by atoms with Crippen molar-refractivity contribution in [3.63, 3.8) is 0 Å². The highest BCUT2D eigenvalue weighted by Gasteiger charge is 2.10. The van der Waals surface area contributed by atoms with Gasteiger partial charge in [0.05, 0.1) is 13.7 Å². The van der Waals surface area contributed by atoms with E-state index in [9.17, 15) is 0 Å². The van der Waals surface area contributed by atoms with E-state index in [0.717, 1.165) is 30.5 Å². The van der Waals surface area contributed by atoms with Crippen molar-refractivity contribution in [1.82, 2.24) is 10.2 Å². The zero-order chi connectivity index (χ0) is 18.1. The Morgan fingerprint density at radius 1 is 1.24 bits per heavy atom. The second-order valence-electron chi connectivity index (χ2n) is 5.83. The summed E-state index contributed by atoms with van der Waals surface area (Å²) in [6, 6.07) is 9.78. The van der Waals surface area contributed by atoms with Crippen molar-refractivity contribution in [2.45, 2.75) is 12.8 Å². The number of benzene rings is 1. The van der Waals surface area contributed by atoms with Gasteiger partial charge in [0.15, 0.2) is 5.96 Å². The fraction of sp³-hybridized carbons (Fsp3) is 0.421. The molecular weight excluding hydrogens is 334 g/mol. The van der Waals surface area contributed by atoms with E-state index in [-0.39, 0.29) is 0 Å². The SMILES string of the molecule is CN=C(NCC(C)c1ccsc1)N(C)CCOc1ccc(OC)cc1. The first-order chi connectivity index (χ1) is 12.1. The van der Waals surface area contributed by atoms with Crippen molar-refractivity contribution in [1.29, 1.82) is 0 Å². The minimum Gasteiger partial charge on any atom is -0.497 e. The predicted octanol–water partition coefficient (Wildman–Crippen LogP) is 3.45. The molecule has 136 valence electrons. The van der Waals surface area contributed by atoms with Crippen molar-refractivity contribution in [3.05, 3.63) is 46.7 Å². The number of guanidine groups is 1. The molecule has 1 heterocycles. The van der Waals surface area contributed by atoms with Crippen LogP contribution in [0.4, 0.5) is 0 Å². The Morgan fingerprint density at radius 2 is 1.96 bits per heavy atom. The molecule has 25 heavy (non-hydrogen) atoms. The third-order valence-corrected chi connectivity index (χ3v) is 4.71. The van der Waals surface area contributed by atoms with Crippen LogP contribution in [-0.2, 0) is 0 Å². The van der Waals surface area contributed by atoms with Gasteiger partial charge in [-0.05, 0) is 52.6 Å². The Morgan fingerprint density at radius 3 is 2.56 bits per heavy atom. The molecule has 0 saturated carbocycles. The van der Waals surface area contributed by atoms with Crippen LogP contribution in [0.1, 0.15) is 18.4 Å². The van der Waals surface area contributed by atoms with Crippen LogP contribution in [0.3, 0.4) is 0 Å². The molecule has 5 nitrogen and oxygen atoms in total. The number of likely N-dealkylation sites (N-methyl/N-ethyl adjacent to an activating group) is 1. The van der Waals surface area contributed by atoms with Gasteiger partial charge in [0.25, 0.3) is 0 Å². The van der Waals surface area contributed by atoms with Crippen molar-refractivity contribution < 1.29 is 9.47 Å². The molecule has 0 radical (unpaired) electrons. The quantitative estimate of drug-likeness (QED) is 0.578. The van der Waals surface area contributed by atoms with Crippen LogP contribution in [0, 0.1) is 0 Å². The van der Waals surface area contributed by atoms with Gasteiger partial charge in [0.2, 0.25) is 0 Å². The Labute approximate surface area is 154 Å². The molecule has 1 aromatic heterocycles. The average molecular weight is 362 g/mol. The summed E-state index contributed by atoms with van der Waals surface area (Å²) in [5.41, 5.74) is 1.36. The van der Waals surface area contributed by atoms with Gasteiger partial charge in [-0.15, -0.1) is 0 Å². The van der Waals surface area contributed by atoms with Gasteiger partial charge in [-0.25, -0.2) is 0 Å². The summed E-state index contributed by atoms with van der Waals surface area (Å²) >= 11 is 1.73. The third kappa shape index (κ3) is 5.98. The van der Waals surface area contributed by atoms with Gasteiger partial charge in [-0.2, -0.15) is 11.3 Å². The van der Waals surface area contributed by atoms with E-state index in [4.69, 9.17) is 9.47 Å². The largest absolute Gasteiger partial charge is 0.497 e. The number of rotatable bonds is 8. The van der Waals surface area contributed by atoms with Gasteiger partial charge < -0.3 is 19.7 Å². The maximum absolute atomic E-state index is 5.78. The van der Waals surface area contributed by atoms with Gasteiger partial charge in [-0.3, -0.25) is 4.99 Å². The molecule has 0 aliphatic rings. The molecule has 2 rings (SSSR count). The second-order valence-corrected chi connectivity index (χ2v) is 6.61. The number of ether oxygens (including phenoxy) is 2. The molecule has 0 saturated heterocycles. The number of hydrogen-bond donors (Lipinski definition) is 1. The minimum absolute atomic E-state index is 0.451. The van der Waals surface area contributed by atoms with Gasteiger partial charge in [0.1, 0.15) is 18.1 Å². The summed E-state index contributed by atoms with van der Waals surface area (Å²) in [7, 11) is 5.48. The predicted molar refractivity (Wildman–Crippen MR) is 105 cm³/mol. The van der Waals surface area contributed by atoms with E-state index in [1.54, 1.807) is 25.5 Å². The van der Waals surface area contributed by atoms with Crippen molar-refractivity contribution in [2.24, 2.45) is 4.99 Å². The maximum Gasteiger partial charge on any atom is 0.193 e. The van der Waals surface area contributed by atoms with Crippen molar-refractivity contribution in [2.75, 3.05) is 40.9 Å². The smallest absolute Gasteiger partial charge is 0.193 e. The molecule has 0 bridgehead atoms. The lowest BCUT2D eigenvalue weighted by atomic mass is 10.1. The zero-order valence-corrected chi connectivity index (χ0v) is 16.2. The highest BCUT2D eigenvalue weighted by atomic mass is 32.1. The third-order valence-electron chi connectivity index (χ3n) is 4.01. The standard InChI is InChI=1S/C19H27N3O2S/c1-15(16-9-12-25-14-16)13-21-19(20-2)22(3)10-11-24-18-7-5-17(23-4)6-8-18/h5-9,12,14-15H,10-11,13H2,1-4H3,(H,20,21). The molecule has 1 unspecified atom stereocenters. The first-order valence-corrected chi connectivity index (χ1v) is 9.29. The number of hydrogen-bond acceptors (Lipinski definition) is 4. The number of aliphatic imine (C=N–C) groups is 1. The van der Waals surface area contributed by atoms with E-state index in [1.807, 2.05) is 31.3 Å². The molecule has 0 amide bonds. The second kappa shape index (κ2) is 9.93. The Hall–Kier alpha value is -2.21. The summed E-state index contributed by atoms with van der Waals surface area (Å²) in [4.78, 5) is 6.42. The van der Waals surface area contributed by atoms with E-state index >= 15 is 0 Å². The molecule has 2 aromatic rings. The lowest BCUT2D eigenvalue weighted by Crippen LogP contribution is -2.42. The molecule has 0 aliphatic heterocycles. The van der Waals surface area contributed by atoms with Crippen molar-refractivity contribution in [3.8, 4) is 11.5 Å². The first kappa shape index (κ1) is 19.1. The fourth-order valence-corrected chi connectivity index (χ4v) is 3.16. The number of thiophene rings is 1. The molecule has 1 aromatic carbocycles. The molecule has 0 aliphatic carbocycles. The number of methoxy groups -OCH3 is 1. The highest BCUT2D eigenvalue weighted by molar-refractivity contribution is 7.07. The molecule has 1 N–H and O–H groups in total. The van der Waals surface area contributed by atoms with E-state index < -0.39 is 0 Å². The Bertz CT molecular complexity index is 641. The van der Waals surface area contributed by atoms with Crippen LogP contribution in [0.25, 0.3) is 0 Å². The van der Waals surface area contributed by atoms with E-state index in [2.05, 4.69) is 39.0 Å². The zero-order valence-electron chi connectivity index (χ0n) is 15.4. The average Bonchev–Trinajstić information content (AvgIpc) is 3.17. The van der Waals surface area contributed by atoms with Crippen LogP contribution < -0.4 is 14.8 Å². The summed E-state index contributed by atoms with van der Waals surface area (Å²) in [6.07, 6.45) is 0. The van der Waals surface area contributed by atoms with E-state index in [1.165, 1.54) is 5.56 Å². The molecule has 6 heteroatoms. The number of nitrogens with one attached hydrogen (secondary N) is 1. The topological polar surface area (TPSA) is 46.1 Å². The van der Waals surface area contributed by atoms with Crippen LogP contribution in [-0.4, -0.2) is 51.8 Å². The van der Waals surface area contributed by atoms with Crippen LogP contribution in [0.5, 0.6) is 11.5 Å². The summed E-state index contributed by atoms with van der Waals surface area (Å²) < 4.78 is 10.9. The monoisotopic (exact) mass is 361 g/mol. The summed E-state index contributed by atoms with van der Waals surface area (Å²) in [6.45, 7) is 4.41. The minimum atomic E-state index is 0.451. The van der Waals surface area contributed by atoms with Gasteiger partial charge >= 0.3 is 0 Å². The number of nitrogens with zero attached hydrogens (tertiary/aromatic N) is 2. The molecule has 0 spiro atoms. The van der Waals surface area contributed by atoms with Gasteiger partial charge in [0, 0.05) is 20.6 Å².